The van der Waals surface area contributed by atoms with E-state index in [0.29, 0.717) is 6.07 Å². The van der Waals surface area contributed by atoms with Gasteiger partial charge in [-0.3, -0.25) is 14.9 Å². The molecule has 1 fully saturated rings. The summed E-state index contributed by atoms with van der Waals surface area (Å²) in [5, 5.41) is 7.77. The minimum absolute atomic E-state index is 0.0440. The van der Waals surface area contributed by atoms with Crippen molar-refractivity contribution in [1.82, 2.24) is 25.9 Å². The number of benzene rings is 1. The molecule has 0 saturated carbocycles. The fourth-order valence-electron chi connectivity index (χ4n) is 2.98. The molecule has 30 heavy (non-hydrogen) atoms. The maximum Gasteiger partial charge on any atom is 0.419 e. The molecule has 3 N–H and O–H groups in total. The molecular weight excluding hydrogens is 413 g/mol. The number of halogens is 5. The SMILES string of the molecule is C[C@@H](NC(=O)C1CC(=O)NC(c2ncccn2)N1)c1cc(F)c(C(F)(F)F)cc1F. The van der Waals surface area contributed by atoms with Crippen LogP contribution in [-0.2, 0) is 15.8 Å². The van der Waals surface area contributed by atoms with Gasteiger partial charge in [0.05, 0.1) is 24.1 Å². The van der Waals surface area contributed by atoms with Crippen LogP contribution in [0.2, 0.25) is 0 Å². The van der Waals surface area contributed by atoms with Crippen molar-refractivity contribution in [2.75, 3.05) is 0 Å². The molecule has 3 atom stereocenters. The molecule has 1 aromatic heterocycles. The van der Waals surface area contributed by atoms with Crippen LogP contribution in [-0.4, -0.2) is 27.8 Å². The fourth-order valence-corrected chi connectivity index (χ4v) is 2.98. The second-order valence-corrected chi connectivity index (χ2v) is 6.61. The molecule has 7 nitrogen and oxygen atoms in total. The van der Waals surface area contributed by atoms with E-state index in [0.717, 1.165) is 0 Å². The highest BCUT2D eigenvalue weighted by Crippen LogP contribution is 2.33. The lowest BCUT2D eigenvalue weighted by Crippen LogP contribution is -2.57. The number of carbonyl (C=O) groups excluding carboxylic acids is 2. The second-order valence-electron chi connectivity index (χ2n) is 6.61. The van der Waals surface area contributed by atoms with Crippen LogP contribution in [0.15, 0.2) is 30.6 Å². The van der Waals surface area contributed by atoms with Gasteiger partial charge in [-0.2, -0.15) is 13.2 Å². The number of aromatic nitrogens is 2. The highest BCUT2D eigenvalue weighted by atomic mass is 19.4. The van der Waals surface area contributed by atoms with Gasteiger partial charge < -0.3 is 10.6 Å². The minimum atomic E-state index is -5.05. The zero-order chi connectivity index (χ0) is 22.1. The van der Waals surface area contributed by atoms with Crippen molar-refractivity contribution >= 4 is 11.8 Å². The maximum absolute atomic E-state index is 14.1. The molecule has 0 spiro atoms. The monoisotopic (exact) mass is 429 g/mol. The molecule has 0 radical (unpaired) electrons. The Morgan fingerprint density at radius 1 is 1.20 bits per heavy atom. The summed E-state index contributed by atoms with van der Waals surface area (Å²) in [4.78, 5) is 32.5. The molecule has 12 heteroatoms. The highest BCUT2D eigenvalue weighted by molar-refractivity contribution is 5.89. The van der Waals surface area contributed by atoms with Crippen molar-refractivity contribution in [1.29, 1.82) is 0 Å². The van der Waals surface area contributed by atoms with Gasteiger partial charge in [-0.15, -0.1) is 0 Å². The molecule has 1 saturated heterocycles. The lowest BCUT2D eigenvalue weighted by atomic mass is 10.0. The predicted octanol–water partition coefficient (Wildman–Crippen LogP) is 2.13. The van der Waals surface area contributed by atoms with Gasteiger partial charge in [-0.05, 0) is 25.1 Å². The van der Waals surface area contributed by atoms with Crippen molar-refractivity contribution in [2.45, 2.75) is 37.8 Å². The van der Waals surface area contributed by atoms with E-state index in [-0.39, 0.29) is 18.3 Å². The number of hydrogen-bond donors (Lipinski definition) is 3. The third-order valence-corrected chi connectivity index (χ3v) is 4.44. The largest absolute Gasteiger partial charge is 0.419 e. The van der Waals surface area contributed by atoms with Gasteiger partial charge in [0.15, 0.2) is 5.82 Å². The van der Waals surface area contributed by atoms with Crippen molar-refractivity contribution in [3.8, 4) is 0 Å². The summed E-state index contributed by atoms with van der Waals surface area (Å²) in [6.45, 7) is 1.28. The van der Waals surface area contributed by atoms with E-state index in [1.54, 1.807) is 6.07 Å². The van der Waals surface area contributed by atoms with E-state index in [4.69, 9.17) is 0 Å². The topological polar surface area (TPSA) is 96.0 Å². The van der Waals surface area contributed by atoms with Gasteiger partial charge in [0.1, 0.15) is 17.8 Å². The summed E-state index contributed by atoms with van der Waals surface area (Å²) < 4.78 is 66.0. The summed E-state index contributed by atoms with van der Waals surface area (Å²) in [6.07, 6.45) is -3.25. The Morgan fingerprint density at radius 3 is 2.50 bits per heavy atom. The molecule has 0 bridgehead atoms. The number of alkyl halides is 3. The minimum Gasteiger partial charge on any atom is -0.348 e. The first-order valence-corrected chi connectivity index (χ1v) is 8.75. The quantitative estimate of drug-likeness (QED) is 0.648. The molecule has 0 aliphatic carbocycles. The van der Waals surface area contributed by atoms with Crippen molar-refractivity contribution < 1.29 is 31.5 Å². The smallest absolute Gasteiger partial charge is 0.348 e. The van der Waals surface area contributed by atoms with Crippen molar-refractivity contribution in [3.63, 3.8) is 0 Å². The van der Waals surface area contributed by atoms with Gasteiger partial charge in [0, 0.05) is 18.0 Å². The average Bonchev–Trinajstić information content (AvgIpc) is 2.68. The number of rotatable bonds is 4. The number of carbonyl (C=O) groups is 2. The van der Waals surface area contributed by atoms with E-state index < -0.39 is 59.0 Å². The van der Waals surface area contributed by atoms with Crippen LogP contribution in [0.1, 0.15) is 42.5 Å². The summed E-state index contributed by atoms with van der Waals surface area (Å²) >= 11 is 0. The molecule has 2 unspecified atom stereocenters. The van der Waals surface area contributed by atoms with Crippen LogP contribution in [0.5, 0.6) is 0 Å². The Hall–Kier alpha value is -3.15. The fraction of sp³-hybridized carbons (Fsp3) is 0.333. The predicted molar refractivity (Wildman–Crippen MR) is 92.4 cm³/mol. The zero-order valence-electron chi connectivity index (χ0n) is 15.4. The lowest BCUT2D eigenvalue weighted by molar-refractivity contribution is -0.140. The molecule has 1 aliphatic rings. The number of nitrogens with zero attached hydrogens (tertiary/aromatic N) is 2. The first-order valence-electron chi connectivity index (χ1n) is 8.75. The van der Waals surface area contributed by atoms with E-state index in [2.05, 4.69) is 25.9 Å². The molecule has 2 heterocycles. The summed E-state index contributed by atoms with van der Waals surface area (Å²) in [7, 11) is 0. The van der Waals surface area contributed by atoms with Crippen molar-refractivity contribution in [3.05, 3.63) is 59.2 Å². The second kappa shape index (κ2) is 8.30. The van der Waals surface area contributed by atoms with Crippen LogP contribution in [0, 0.1) is 11.6 Å². The lowest BCUT2D eigenvalue weighted by Gasteiger charge is -2.30. The van der Waals surface area contributed by atoms with Gasteiger partial charge in [-0.25, -0.2) is 18.7 Å². The average molecular weight is 429 g/mol. The molecular formula is C18H16F5N5O2. The van der Waals surface area contributed by atoms with E-state index >= 15 is 0 Å². The van der Waals surface area contributed by atoms with E-state index in [1.807, 2.05) is 0 Å². The van der Waals surface area contributed by atoms with E-state index in [9.17, 15) is 31.5 Å². The first-order chi connectivity index (χ1) is 14.1. The molecule has 3 rings (SSSR count). The normalized spacial score (nSPS) is 20.4. The highest BCUT2D eigenvalue weighted by Gasteiger charge is 2.36. The zero-order valence-corrected chi connectivity index (χ0v) is 15.4. The van der Waals surface area contributed by atoms with Gasteiger partial charge in [-0.1, -0.05) is 0 Å². The first kappa shape index (κ1) is 21.6. The third kappa shape index (κ3) is 4.70. The molecule has 1 aromatic carbocycles. The Bertz CT molecular complexity index is 954. The van der Waals surface area contributed by atoms with Gasteiger partial charge in [0.25, 0.3) is 0 Å². The number of amides is 2. The third-order valence-electron chi connectivity index (χ3n) is 4.44. The van der Waals surface area contributed by atoms with E-state index in [1.165, 1.54) is 19.3 Å². The van der Waals surface area contributed by atoms with Crippen molar-refractivity contribution in [2.24, 2.45) is 0 Å². The summed E-state index contributed by atoms with van der Waals surface area (Å²) in [5.41, 5.74) is -2.20. The molecule has 2 amide bonds. The molecule has 160 valence electrons. The van der Waals surface area contributed by atoms with Gasteiger partial charge in [0.2, 0.25) is 11.8 Å². The summed E-state index contributed by atoms with van der Waals surface area (Å²) in [5.74, 6) is -3.95. The molecule has 1 aliphatic heterocycles. The number of hydrogen-bond acceptors (Lipinski definition) is 5. The van der Waals surface area contributed by atoms with Crippen LogP contribution < -0.4 is 16.0 Å². The summed E-state index contributed by atoms with van der Waals surface area (Å²) in [6, 6.07) is -0.199. The Morgan fingerprint density at radius 2 is 1.87 bits per heavy atom. The maximum atomic E-state index is 14.1. The number of nitrogens with one attached hydrogen (secondary N) is 3. The Labute approximate surface area is 167 Å². The Balaban J connectivity index is 1.74. The van der Waals surface area contributed by atoms with Crippen LogP contribution in [0.4, 0.5) is 22.0 Å². The van der Waals surface area contributed by atoms with Crippen LogP contribution >= 0.6 is 0 Å². The van der Waals surface area contributed by atoms with Gasteiger partial charge >= 0.3 is 6.18 Å². The molecule has 2 aromatic rings. The standard InChI is InChI=1S/C18H16F5N5O2/c1-8(9-5-12(20)10(6-11(9)19)18(21,22)23)26-17(30)13-7-14(29)28-16(27-13)15-24-3-2-4-25-15/h2-6,8,13,16,27H,7H2,1H3,(H,26,30)(H,28,29)/t8-,13?,16?/m1/s1. The Kier molecular flexibility index (Phi) is 5.97. The van der Waals surface area contributed by atoms with Crippen LogP contribution in [0.25, 0.3) is 0 Å². The van der Waals surface area contributed by atoms with Crippen LogP contribution in [0.3, 0.4) is 0 Å².